The minimum Gasteiger partial charge on any atom is -0.492 e. The molecule has 1 aliphatic rings. The molecule has 0 heterocycles. The van der Waals surface area contributed by atoms with E-state index in [9.17, 15) is 14.4 Å². The van der Waals surface area contributed by atoms with Crippen LogP contribution < -0.4 is 18.9 Å². The van der Waals surface area contributed by atoms with Gasteiger partial charge in [-0.15, -0.1) is 0 Å². The summed E-state index contributed by atoms with van der Waals surface area (Å²) < 4.78 is 28.0. The van der Waals surface area contributed by atoms with Crippen molar-refractivity contribution >= 4 is 17.9 Å². The summed E-state index contributed by atoms with van der Waals surface area (Å²) in [7, 11) is 2.99. The molecule has 8 nitrogen and oxygen atoms in total. The highest BCUT2D eigenvalue weighted by atomic mass is 16.6. The van der Waals surface area contributed by atoms with Crippen molar-refractivity contribution in [3.8, 4) is 34.1 Å². The SMILES string of the molecule is COc1c2cc(c(OC(C)=O)c1OC)CCCCC(OC(C)=O)CCc1ccc(OC(C)=O)c-2c1. The van der Waals surface area contributed by atoms with Crippen molar-refractivity contribution in [3.05, 3.63) is 35.4 Å². The maximum Gasteiger partial charge on any atom is 0.308 e. The summed E-state index contributed by atoms with van der Waals surface area (Å²) in [6.45, 7) is 4.09. The number of esters is 3. The van der Waals surface area contributed by atoms with E-state index in [0.717, 1.165) is 30.4 Å². The predicted octanol–water partition coefficient (Wildman–Crippen LogP) is 4.81. The van der Waals surface area contributed by atoms with E-state index in [1.54, 1.807) is 6.07 Å². The summed E-state index contributed by atoms with van der Waals surface area (Å²) in [5.74, 6) is 0.108. The fourth-order valence-corrected chi connectivity index (χ4v) is 4.40. The number of aryl methyl sites for hydroxylation is 2. The number of hydrogen-bond donors (Lipinski definition) is 0. The van der Waals surface area contributed by atoms with Crippen LogP contribution in [0.25, 0.3) is 11.1 Å². The number of fused-ring (bicyclic) bond motifs is 5. The maximum absolute atomic E-state index is 11.9. The smallest absolute Gasteiger partial charge is 0.308 e. The minimum absolute atomic E-state index is 0.204. The molecule has 0 aliphatic heterocycles. The van der Waals surface area contributed by atoms with Gasteiger partial charge in [0.2, 0.25) is 5.75 Å². The molecular weight excluding hydrogens is 452 g/mol. The number of ether oxygens (including phenoxy) is 5. The first-order valence-corrected chi connectivity index (χ1v) is 11.7. The normalized spacial score (nSPS) is 15.5. The quantitative estimate of drug-likeness (QED) is 0.441. The summed E-state index contributed by atoms with van der Waals surface area (Å²) in [5, 5.41) is 0. The average molecular weight is 485 g/mol. The van der Waals surface area contributed by atoms with Crippen LogP contribution in [0.15, 0.2) is 24.3 Å². The topological polar surface area (TPSA) is 97.4 Å². The number of rotatable bonds is 5. The third kappa shape index (κ3) is 6.53. The zero-order chi connectivity index (χ0) is 25.5. The lowest BCUT2D eigenvalue weighted by Gasteiger charge is -2.21. The second-order valence-electron chi connectivity index (χ2n) is 8.51. The minimum atomic E-state index is -0.477. The van der Waals surface area contributed by atoms with E-state index in [-0.39, 0.29) is 12.1 Å². The predicted molar refractivity (Wildman–Crippen MR) is 129 cm³/mol. The van der Waals surface area contributed by atoms with E-state index in [0.29, 0.717) is 53.4 Å². The van der Waals surface area contributed by atoms with E-state index in [4.69, 9.17) is 23.7 Å². The number of hydrogen-bond acceptors (Lipinski definition) is 8. The lowest BCUT2D eigenvalue weighted by Crippen LogP contribution is -2.17. The third-order valence-electron chi connectivity index (χ3n) is 5.82. The Labute approximate surface area is 205 Å². The Morgan fingerprint density at radius 1 is 0.743 bits per heavy atom. The molecule has 188 valence electrons. The van der Waals surface area contributed by atoms with Gasteiger partial charge in [-0.25, -0.2) is 0 Å². The monoisotopic (exact) mass is 484 g/mol. The number of benzene rings is 2. The second kappa shape index (κ2) is 11.7. The summed E-state index contributed by atoms with van der Waals surface area (Å²) in [6, 6.07) is 7.48. The molecular formula is C27H32O8. The van der Waals surface area contributed by atoms with Crippen LogP contribution in [0.2, 0.25) is 0 Å². The molecule has 2 aromatic carbocycles. The van der Waals surface area contributed by atoms with E-state index >= 15 is 0 Å². The van der Waals surface area contributed by atoms with Crippen LogP contribution >= 0.6 is 0 Å². The summed E-state index contributed by atoms with van der Waals surface area (Å²) >= 11 is 0. The summed E-state index contributed by atoms with van der Waals surface area (Å²) in [5.41, 5.74) is 3.05. The van der Waals surface area contributed by atoms with Gasteiger partial charge in [0, 0.05) is 31.9 Å². The van der Waals surface area contributed by atoms with E-state index < -0.39 is 11.9 Å². The standard InChI is InChI=1S/C27H32O8/c1-16(28)33-21-9-7-6-8-20-15-23(26(31-4)27(32-5)25(20)35-18(3)30)22-14-19(10-12-21)11-13-24(22)34-17(2)29/h11,13-15,21H,6-10,12H2,1-5H3. The molecule has 0 spiro atoms. The van der Waals surface area contributed by atoms with Crippen molar-refractivity contribution in [3.63, 3.8) is 0 Å². The zero-order valence-electron chi connectivity index (χ0n) is 20.9. The fourth-order valence-electron chi connectivity index (χ4n) is 4.40. The van der Waals surface area contributed by atoms with Crippen LogP contribution in [0.4, 0.5) is 0 Å². The van der Waals surface area contributed by atoms with Gasteiger partial charge in [0.25, 0.3) is 0 Å². The number of methoxy groups -OCH3 is 2. The first-order valence-electron chi connectivity index (χ1n) is 11.7. The van der Waals surface area contributed by atoms with Gasteiger partial charge in [0.05, 0.1) is 14.2 Å². The van der Waals surface area contributed by atoms with E-state index in [1.165, 1.54) is 35.0 Å². The molecule has 35 heavy (non-hydrogen) atoms. The van der Waals surface area contributed by atoms with Crippen molar-refractivity contribution in [2.45, 2.75) is 65.4 Å². The van der Waals surface area contributed by atoms with Crippen LogP contribution in [0.1, 0.15) is 57.6 Å². The van der Waals surface area contributed by atoms with Crippen LogP contribution in [-0.2, 0) is 32.0 Å². The maximum atomic E-state index is 11.9. The van der Waals surface area contributed by atoms with E-state index in [1.807, 2.05) is 18.2 Å². The van der Waals surface area contributed by atoms with Crippen molar-refractivity contribution in [2.75, 3.05) is 14.2 Å². The Hall–Kier alpha value is -3.55. The van der Waals surface area contributed by atoms with Gasteiger partial charge in [-0.3, -0.25) is 14.4 Å². The fraction of sp³-hybridized carbons (Fsp3) is 0.444. The van der Waals surface area contributed by atoms with Crippen LogP contribution in [-0.4, -0.2) is 38.2 Å². The van der Waals surface area contributed by atoms with Gasteiger partial charge in [0.1, 0.15) is 11.9 Å². The van der Waals surface area contributed by atoms with Gasteiger partial charge in [-0.1, -0.05) is 6.07 Å². The second-order valence-corrected chi connectivity index (χ2v) is 8.51. The Kier molecular flexibility index (Phi) is 8.73. The summed E-state index contributed by atoms with van der Waals surface area (Å²) in [4.78, 5) is 35.4. The molecule has 0 N–H and O–H groups in total. The van der Waals surface area contributed by atoms with Crippen molar-refractivity contribution in [1.82, 2.24) is 0 Å². The van der Waals surface area contributed by atoms with Gasteiger partial charge in [-0.05, 0) is 67.9 Å². The third-order valence-corrected chi connectivity index (χ3v) is 5.82. The zero-order valence-corrected chi connectivity index (χ0v) is 20.9. The highest BCUT2D eigenvalue weighted by Crippen LogP contribution is 2.49. The Bertz CT molecular complexity index is 1100. The number of carbonyl (C=O) groups excluding carboxylic acids is 3. The van der Waals surface area contributed by atoms with Crippen LogP contribution in [0.5, 0.6) is 23.0 Å². The molecule has 8 heteroatoms. The van der Waals surface area contributed by atoms with Crippen molar-refractivity contribution in [2.24, 2.45) is 0 Å². The number of carbonyl (C=O) groups is 3. The highest BCUT2D eigenvalue weighted by Gasteiger charge is 2.26. The largest absolute Gasteiger partial charge is 0.492 e. The van der Waals surface area contributed by atoms with Gasteiger partial charge >= 0.3 is 17.9 Å². The lowest BCUT2D eigenvalue weighted by atomic mass is 9.95. The Morgan fingerprint density at radius 2 is 1.46 bits per heavy atom. The molecule has 4 bridgehead atoms. The average Bonchev–Trinajstić information content (AvgIpc) is 2.80. The first-order chi connectivity index (χ1) is 16.7. The molecule has 0 saturated heterocycles. The van der Waals surface area contributed by atoms with Gasteiger partial charge < -0.3 is 23.7 Å². The van der Waals surface area contributed by atoms with Crippen molar-refractivity contribution in [1.29, 1.82) is 0 Å². The van der Waals surface area contributed by atoms with Crippen LogP contribution in [0.3, 0.4) is 0 Å². The molecule has 2 aromatic rings. The first kappa shape index (κ1) is 26.1. The molecule has 1 unspecified atom stereocenters. The Balaban J connectivity index is 2.24. The van der Waals surface area contributed by atoms with Gasteiger partial charge in [0.15, 0.2) is 11.5 Å². The molecule has 0 saturated carbocycles. The molecule has 0 radical (unpaired) electrons. The summed E-state index contributed by atoms with van der Waals surface area (Å²) in [6.07, 6.45) is 4.04. The Morgan fingerprint density at radius 3 is 2.09 bits per heavy atom. The molecule has 0 amide bonds. The van der Waals surface area contributed by atoms with Crippen LogP contribution in [0, 0.1) is 0 Å². The highest BCUT2D eigenvalue weighted by molar-refractivity contribution is 5.85. The molecule has 3 rings (SSSR count). The molecule has 1 atom stereocenters. The van der Waals surface area contributed by atoms with Crippen molar-refractivity contribution < 1.29 is 38.1 Å². The lowest BCUT2D eigenvalue weighted by molar-refractivity contribution is -0.147. The molecule has 1 aliphatic carbocycles. The molecule has 0 aromatic heterocycles. The van der Waals surface area contributed by atoms with Gasteiger partial charge in [-0.2, -0.15) is 0 Å². The molecule has 0 fully saturated rings. The van der Waals surface area contributed by atoms with E-state index in [2.05, 4.69) is 0 Å².